The van der Waals surface area contributed by atoms with Gasteiger partial charge in [0.15, 0.2) is 0 Å². The summed E-state index contributed by atoms with van der Waals surface area (Å²) in [7, 11) is 0. The molecule has 0 aliphatic carbocycles. The van der Waals surface area contributed by atoms with E-state index in [4.69, 9.17) is 12.2 Å². The van der Waals surface area contributed by atoms with Gasteiger partial charge in [-0.1, -0.05) is 39.9 Å². The lowest BCUT2D eigenvalue weighted by atomic mass is 10.3. The van der Waals surface area contributed by atoms with Gasteiger partial charge < -0.3 is 4.90 Å². The Labute approximate surface area is 123 Å². The Bertz CT molecular complexity index is 490. The molecule has 1 aliphatic rings. The molecule has 0 radical (unpaired) electrons. The van der Waals surface area contributed by atoms with Crippen molar-refractivity contribution in [1.82, 2.24) is 4.90 Å². The van der Waals surface area contributed by atoms with E-state index in [9.17, 15) is 10.1 Å². The number of halogens is 1. The van der Waals surface area contributed by atoms with Crippen molar-refractivity contribution in [2.45, 2.75) is 17.7 Å². The standard InChI is InChI=1S/C11H11BrN2O2S2/c12-8-3-4-10(9(7-8)14(15)16)18-11(17)13-5-1-2-6-13/h3-4,7H,1-2,5-6H2. The molecule has 0 atom stereocenters. The van der Waals surface area contributed by atoms with Crippen LogP contribution in [0.1, 0.15) is 12.8 Å². The van der Waals surface area contributed by atoms with Crippen molar-refractivity contribution in [2.24, 2.45) is 0 Å². The second-order valence-corrected chi connectivity index (χ2v) is 6.52. The highest BCUT2D eigenvalue weighted by atomic mass is 79.9. The summed E-state index contributed by atoms with van der Waals surface area (Å²) >= 11 is 9.87. The molecule has 2 rings (SSSR count). The molecule has 1 saturated heterocycles. The van der Waals surface area contributed by atoms with E-state index >= 15 is 0 Å². The van der Waals surface area contributed by atoms with E-state index in [0.29, 0.717) is 9.37 Å². The topological polar surface area (TPSA) is 46.4 Å². The second kappa shape index (κ2) is 5.99. The first-order valence-electron chi connectivity index (χ1n) is 5.48. The van der Waals surface area contributed by atoms with Gasteiger partial charge in [-0.3, -0.25) is 10.1 Å². The van der Waals surface area contributed by atoms with Crippen LogP contribution < -0.4 is 0 Å². The molecular weight excluding hydrogens is 336 g/mol. The van der Waals surface area contributed by atoms with Gasteiger partial charge in [0, 0.05) is 23.6 Å². The number of hydrogen-bond acceptors (Lipinski definition) is 4. The third-order valence-corrected chi connectivity index (χ3v) is 4.68. The van der Waals surface area contributed by atoms with E-state index in [-0.39, 0.29) is 10.6 Å². The zero-order valence-electron chi connectivity index (χ0n) is 9.47. The number of nitro groups is 1. The van der Waals surface area contributed by atoms with Gasteiger partial charge in [-0.05, 0) is 25.0 Å². The average molecular weight is 347 g/mol. The Balaban J connectivity index is 2.17. The Morgan fingerprint density at radius 2 is 2.11 bits per heavy atom. The van der Waals surface area contributed by atoms with E-state index in [1.54, 1.807) is 12.1 Å². The van der Waals surface area contributed by atoms with Crippen molar-refractivity contribution in [3.63, 3.8) is 0 Å². The summed E-state index contributed by atoms with van der Waals surface area (Å²) in [5.74, 6) is 0. The van der Waals surface area contributed by atoms with Crippen LogP contribution >= 0.6 is 39.9 Å². The lowest BCUT2D eigenvalue weighted by molar-refractivity contribution is -0.387. The molecule has 18 heavy (non-hydrogen) atoms. The van der Waals surface area contributed by atoms with Gasteiger partial charge in [0.1, 0.15) is 4.32 Å². The van der Waals surface area contributed by atoms with E-state index in [1.165, 1.54) is 17.8 Å². The number of likely N-dealkylation sites (tertiary alicyclic amines) is 1. The third-order valence-electron chi connectivity index (χ3n) is 2.68. The lowest BCUT2D eigenvalue weighted by Gasteiger charge is -2.17. The maximum Gasteiger partial charge on any atom is 0.284 e. The second-order valence-electron chi connectivity index (χ2n) is 3.93. The molecule has 7 heteroatoms. The highest BCUT2D eigenvalue weighted by Gasteiger charge is 2.20. The molecule has 1 aliphatic heterocycles. The van der Waals surface area contributed by atoms with Crippen LogP contribution in [0.4, 0.5) is 5.69 Å². The maximum absolute atomic E-state index is 11.0. The fourth-order valence-electron chi connectivity index (χ4n) is 1.78. The molecule has 0 bridgehead atoms. The van der Waals surface area contributed by atoms with Crippen LogP contribution in [0.5, 0.6) is 0 Å². The molecule has 1 aromatic rings. The van der Waals surface area contributed by atoms with Crippen molar-refractivity contribution in [3.05, 3.63) is 32.8 Å². The molecule has 4 nitrogen and oxygen atoms in total. The summed E-state index contributed by atoms with van der Waals surface area (Å²) in [5, 5.41) is 11.0. The minimum atomic E-state index is -0.375. The molecule has 0 N–H and O–H groups in total. The van der Waals surface area contributed by atoms with Gasteiger partial charge in [-0.2, -0.15) is 0 Å². The molecule has 0 unspecified atom stereocenters. The lowest BCUT2D eigenvalue weighted by Crippen LogP contribution is -2.23. The Hall–Kier alpha value is -0.660. The van der Waals surface area contributed by atoms with Crippen LogP contribution in [0.15, 0.2) is 27.6 Å². The number of thiocarbonyl (C=S) groups is 1. The average Bonchev–Trinajstić information content (AvgIpc) is 2.84. The summed E-state index contributed by atoms with van der Waals surface area (Å²) in [6.45, 7) is 1.91. The van der Waals surface area contributed by atoms with E-state index in [0.717, 1.165) is 30.3 Å². The van der Waals surface area contributed by atoms with Crippen molar-refractivity contribution in [3.8, 4) is 0 Å². The third kappa shape index (κ3) is 3.21. The normalized spacial score (nSPS) is 14.8. The van der Waals surface area contributed by atoms with Crippen LogP contribution in [-0.4, -0.2) is 27.2 Å². The monoisotopic (exact) mass is 346 g/mol. The molecule has 0 saturated carbocycles. The SMILES string of the molecule is O=[N+]([O-])c1cc(Br)ccc1SC(=S)N1CCCC1. The summed E-state index contributed by atoms with van der Waals surface area (Å²) in [6.07, 6.45) is 2.28. The number of nitro benzene ring substituents is 1. The first-order chi connectivity index (χ1) is 8.58. The number of thioether (sulfide) groups is 1. The molecule has 1 aromatic carbocycles. The predicted molar refractivity (Wildman–Crippen MR) is 80.1 cm³/mol. The summed E-state index contributed by atoms with van der Waals surface area (Å²) in [6, 6.07) is 5.03. The molecule has 0 spiro atoms. The fourth-order valence-corrected chi connectivity index (χ4v) is 3.45. The van der Waals surface area contributed by atoms with Crippen LogP contribution in [0, 0.1) is 10.1 Å². The zero-order chi connectivity index (χ0) is 13.1. The van der Waals surface area contributed by atoms with Gasteiger partial charge in [0.25, 0.3) is 5.69 Å². The molecule has 1 fully saturated rings. The van der Waals surface area contributed by atoms with Crippen LogP contribution in [0.25, 0.3) is 0 Å². The van der Waals surface area contributed by atoms with Crippen LogP contribution in [0.3, 0.4) is 0 Å². The highest BCUT2D eigenvalue weighted by Crippen LogP contribution is 2.33. The van der Waals surface area contributed by atoms with Crippen LogP contribution in [0.2, 0.25) is 0 Å². The summed E-state index contributed by atoms with van der Waals surface area (Å²) in [4.78, 5) is 13.3. The molecule has 0 amide bonds. The maximum atomic E-state index is 11.0. The number of benzene rings is 1. The highest BCUT2D eigenvalue weighted by molar-refractivity contribution is 9.10. The minimum absolute atomic E-state index is 0.0934. The van der Waals surface area contributed by atoms with Gasteiger partial charge in [-0.15, -0.1) is 0 Å². The van der Waals surface area contributed by atoms with Crippen molar-refractivity contribution < 1.29 is 4.92 Å². The van der Waals surface area contributed by atoms with Crippen LogP contribution in [-0.2, 0) is 0 Å². The summed E-state index contributed by atoms with van der Waals surface area (Å²) < 4.78 is 1.42. The van der Waals surface area contributed by atoms with Gasteiger partial charge in [0.2, 0.25) is 0 Å². The number of rotatable bonds is 2. The Morgan fingerprint density at radius 3 is 2.72 bits per heavy atom. The fraction of sp³-hybridized carbons (Fsp3) is 0.364. The first-order valence-corrected chi connectivity index (χ1v) is 7.50. The predicted octanol–water partition coefficient (Wildman–Crippen LogP) is 3.83. The molecule has 1 heterocycles. The Kier molecular flexibility index (Phi) is 4.58. The van der Waals surface area contributed by atoms with Crippen molar-refractivity contribution >= 4 is 49.9 Å². The minimum Gasteiger partial charge on any atom is -0.357 e. The first kappa shape index (κ1) is 13.8. The van der Waals surface area contributed by atoms with Gasteiger partial charge in [-0.25, -0.2) is 0 Å². The van der Waals surface area contributed by atoms with E-state index < -0.39 is 0 Å². The van der Waals surface area contributed by atoms with Crippen molar-refractivity contribution in [1.29, 1.82) is 0 Å². The molecule has 96 valence electrons. The largest absolute Gasteiger partial charge is 0.357 e. The number of hydrogen-bond donors (Lipinski definition) is 0. The van der Waals surface area contributed by atoms with Crippen molar-refractivity contribution in [2.75, 3.05) is 13.1 Å². The molecular formula is C11H11BrN2O2S2. The van der Waals surface area contributed by atoms with Gasteiger partial charge >= 0.3 is 0 Å². The molecule has 0 aromatic heterocycles. The summed E-state index contributed by atoms with van der Waals surface area (Å²) in [5.41, 5.74) is 0.0934. The quantitative estimate of drug-likeness (QED) is 0.352. The number of nitrogens with zero attached hydrogens (tertiary/aromatic N) is 2. The van der Waals surface area contributed by atoms with E-state index in [2.05, 4.69) is 20.8 Å². The smallest absolute Gasteiger partial charge is 0.284 e. The Morgan fingerprint density at radius 1 is 1.44 bits per heavy atom. The zero-order valence-corrected chi connectivity index (χ0v) is 12.7. The van der Waals surface area contributed by atoms with Gasteiger partial charge in [0.05, 0.1) is 9.82 Å². The van der Waals surface area contributed by atoms with E-state index in [1.807, 2.05) is 0 Å².